The Hall–Kier alpha value is -1.51. The van der Waals surface area contributed by atoms with Gasteiger partial charge < -0.3 is 9.47 Å². The normalized spacial score (nSPS) is 19.3. The van der Waals surface area contributed by atoms with E-state index in [0.717, 1.165) is 30.4 Å². The highest BCUT2D eigenvalue weighted by Crippen LogP contribution is 2.53. The summed E-state index contributed by atoms with van der Waals surface area (Å²) in [6.07, 6.45) is 4.37. The zero-order valence-electron chi connectivity index (χ0n) is 10.7. The maximum Gasteiger partial charge on any atom is 0.235 e. The lowest BCUT2D eigenvalue weighted by molar-refractivity contribution is 0.159. The molecule has 0 bridgehead atoms. The van der Waals surface area contributed by atoms with E-state index in [0.29, 0.717) is 29.7 Å². The SMILES string of the molecule is Cc1c(Cl)cc2c(c1C1(N=C=O)CCC1)OCCO2. The van der Waals surface area contributed by atoms with E-state index in [4.69, 9.17) is 21.1 Å². The number of carbonyl (C=O) groups excluding carboxylic acids is 1. The van der Waals surface area contributed by atoms with Crippen LogP contribution in [0.4, 0.5) is 0 Å². The molecule has 1 aromatic rings. The fourth-order valence-corrected chi connectivity index (χ4v) is 3.02. The number of ether oxygens (including phenoxy) is 2. The molecule has 1 saturated carbocycles. The number of nitrogens with zero attached hydrogens (tertiary/aromatic N) is 1. The molecule has 0 aromatic heterocycles. The highest BCUT2D eigenvalue weighted by Gasteiger charge is 2.44. The molecule has 0 unspecified atom stereocenters. The van der Waals surface area contributed by atoms with E-state index in [1.54, 1.807) is 12.1 Å². The van der Waals surface area contributed by atoms with Crippen molar-refractivity contribution in [3.05, 3.63) is 22.2 Å². The molecule has 1 aliphatic heterocycles. The van der Waals surface area contributed by atoms with Crippen LogP contribution in [0, 0.1) is 6.92 Å². The lowest BCUT2D eigenvalue weighted by atomic mass is 9.70. The van der Waals surface area contributed by atoms with E-state index in [2.05, 4.69) is 4.99 Å². The third-order valence-corrected chi connectivity index (χ3v) is 4.33. The van der Waals surface area contributed by atoms with Crippen LogP contribution in [0.3, 0.4) is 0 Å². The van der Waals surface area contributed by atoms with Crippen LogP contribution in [0.15, 0.2) is 11.1 Å². The van der Waals surface area contributed by atoms with Crippen LogP contribution in [-0.4, -0.2) is 19.3 Å². The monoisotopic (exact) mass is 279 g/mol. The molecule has 0 radical (unpaired) electrons. The molecular weight excluding hydrogens is 266 g/mol. The second-order valence-electron chi connectivity index (χ2n) is 4.97. The second-order valence-corrected chi connectivity index (χ2v) is 5.38. The number of isocyanates is 1. The van der Waals surface area contributed by atoms with Crippen molar-refractivity contribution in [1.29, 1.82) is 0 Å². The number of fused-ring (bicyclic) bond motifs is 1. The first-order valence-electron chi connectivity index (χ1n) is 6.36. The van der Waals surface area contributed by atoms with Gasteiger partial charge in [-0.1, -0.05) is 11.6 Å². The third kappa shape index (κ3) is 1.83. The number of hydrogen-bond donors (Lipinski definition) is 0. The van der Waals surface area contributed by atoms with Gasteiger partial charge in [0, 0.05) is 16.7 Å². The van der Waals surface area contributed by atoms with Gasteiger partial charge in [0.25, 0.3) is 0 Å². The lowest BCUT2D eigenvalue weighted by Gasteiger charge is -2.40. The van der Waals surface area contributed by atoms with Gasteiger partial charge in [-0.15, -0.1) is 0 Å². The first-order chi connectivity index (χ1) is 9.18. The second kappa shape index (κ2) is 4.55. The Morgan fingerprint density at radius 3 is 2.74 bits per heavy atom. The average Bonchev–Trinajstić information content (AvgIpc) is 2.36. The molecule has 1 heterocycles. The fourth-order valence-electron chi connectivity index (χ4n) is 2.82. The van der Waals surface area contributed by atoms with Gasteiger partial charge in [0.05, 0.1) is 0 Å². The number of aliphatic imine (C=N–C) groups is 1. The number of halogens is 1. The van der Waals surface area contributed by atoms with Gasteiger partial charge in [-0.2, -0.15) is 4.99 Å². The van der Waals surface area contributed by atoms with Crippen molar-refractivity contribution < 1.29 is 14.3 Å². The van der Waals surface area contributed by atoms with Gasteiger partial charge in [0.1, 0.15) is 18.8 Å². The minimum atomic E-state index is -0.526. The van der Waals surface area contributed by atoms with Crippen molar-refractivity contribution in [3.8, 4) is 11.5 Å². The molecule has 5 heteroatoms. The summed E-state index contributed by atoms with van der Waals surface area (Å²) in [5, 5.41) is 0.617. The van der Waals surface area contributed by atoms with Gasteiger partial charge in [0.15, 0.2) is 11.5 Å². The van der Waals surface area contributed by atoms with Gasteiger partial charge in [0.2, 0.25) is 6.08 Å². The van der Waals surface area contributed by atoms with Crippen LogP contribution >= 0.6 is 11.6 Å². The molecule has 1 fully saturated rings. The summed E-state index contributed by atoms with van der Waals surface area (Å²) >= 11 is 6.26. The summed E-state index contributed by atoms with van der Waals surface area (Å²) in [6, 6.07) is 1.77. The molecule has 19 heavy (non-hydrogen) atoms. The third-order valence-electron chi connectivity index (χ3n) is 3.93. The molecule has 3 rings (SSSR count). The van der Waals surface area contributed by atoms with Crippen molar-refractivity contribution in [2.24, 2.45) is 4.99 Å². The quantitative estimate of drug-likeness (QED) is 0.617. The summed E-state index contributed by atoms with van der Waals surface area (Å²) < 4.78 is 11.3. The predicted molar refractivity (Wildman–Crippen MR) is 70.8 cm³/mol. The number of hydrogen-bond acceptors (Lipinski definition) is 4. The summed E-state index contributed by atoms with van der Waals surface area (Å²) in [5.74, 6) is 1.33. The van der Waals surface area contributed by atoms with Crippen LogP contribution in [0.1, 0.15) is 30.4 Å². The van der Waals surface area contributed by atoms with E-state index in [9.17, 15) is 4.79 Å². The van der Waals surface area contributed by atoms with Gasteiger partial charge in [-0.25, -0.2) is 4.79 Å². The Balaban J connectivity index is 2.24. The highest BCUT2D eigenvalue weighted by molar-refractivity contribution is 6.31. The lowest BCUT2D eigenvalue weighted by Crippen LogP contribution is -2.34. The molecular formula is C14H14ClNO3. The van der Waals surface area contributed by atoms with Gasteiger partial charge >= 0.3 is 0 Å². The van der Waals surface area contributed by atoms with E-state index in [1.807, 2.05) is 6.92 Å². The van der Waals surface area contributed by atoms with Crippen molar-refractivity contribution in [1.82, 2.24) is 0 Å². The molecule has 4 nitrogen and oxygen atoms in total. The van der Waals surface area contributed by atoms with Crippen molar-refractivity contribution in [3.63, 3.8) is 0 Å². The molecule has 1 aliphatic carbocycles. The largest absolute Gasteiger partial charge is 0.486 e. The number of benzene rings is 1. The Morgan fingerprint density at radius 1 is 1.37 bits per heavy atom. The average molecular weight is 280 g/mol. The van der Waals surface area contributed by atoms with E-state index in [-0.39, 0.29) is 0 Å². The maximum absolute atomic E-state index is 10.8. The zero-order chi connectivity index (χ0) is 13.5. The highest BCUT2D eigenvalue weighted by atomic mass is 35.5. The number of rotatable bonds is 2. The Kier molecular flexibility index (Phi) is 3.00. The summed E-state index contributed by atoms with van der Waals surface area (Å²) in [4.78, 5) is 14.8. The Labute approximate surface area is 116 Å². The molecule has 0 amide bonds. The van der Waals surface area contributed by atoms with Crippen LogP contribution in [-0.2, 0) is 10.3 Å². The molecule has 100 valence electrons. The first-order valence-corrected chi connectivity index (χ1v) is 6.74. The van der Waals surface area contributed by atoms with E-state index >= 15 is 0 Å². The minimum Gasteiger partial charge on any atom is -0.486 e. The smallest absolute Gasteiger partial charge is 0.235 e. The molecule has 0 N–H and O–H groups in total. The Morgan fingerprint density at radius 2 is 2.11 bits per heavy atom. The summed E-state index contributed by atoms with van der Waals surface area (Å²) in [6.45, 7) is 2.94. The van der Waals surface area contributed by atoms with Gasteiger partial charge in [-0.3, -0.25) is 0 Å². The topological polar surface area (TPSA) is 47.9 Å². The first kappa shape index (κ1) is 12.5. The summed E-state index contributed by atoms with van der Waals surface area (Å²) in [7, 11) is 0. The molecule has 0 spiro atoms. The van der Waals surface area contributed by atoms with E-state index in [1.165, 1.54) is 0 Å². The van der Waals surface area contributed by atoms with Crippen molar-refractivity contribution in [2.75, 3.05) is 13.2 Å². The van der Waals surface area contributed by atoms with Crippen LogP contribution in [0.25, 0.3) is 0 Å². The maximum atomic E-state index is 10.8. The standard InChI is InChI=1S/C14H14ClNO3/c1-9-10(15)7-11-13(19-6-5-18-11)12(9)14(16-8-17)3-2-4-14/h7H,2-6H2,1H3. The summed E-state index contributed by atoms with van der Waals surface area (Å²) in [5.41, 5.74) is 1.27. The van der Waals surface area contributed by atoms with Gasteiger partial charge in [-0.05, 0) is 31.7 Å². The molecule has 2 aliphatic rings. The van der Waals surface area contributed by atoms with Crippen LogP contribution < -0.4 is 9.47 Å². The predicted octanol–water partition coefficient (Wildman–Crippen LogP) is 3.13. The van der Waals surface area contributed by atoms with Crippen molar-refractivity contribution in [2.45, 2.75) is 31.7 Å². The molecule has 0 atom stereocenters. The Bertz CT molecular complexity index is 575. The molecule has 1 aromatic carbocycles. The minimum absolute atomic E-state index is 0.502. The van der Waals surface area contributed by atoms with E-state index < -0.39 is 5.54 Å². The fraction of sp³-hybridized carbons (Fsp3) is 0.500. The van der Waals surface area contributed by atoms with Crippen LogP contribution in [0.5, 0.6) is 11.5 Å². The van der Waals surface area contributed by atoms with Crippen LogP contribution in [0.2, 0.25) is 5.02 Å². The zero-order valence-corrected chi connectivity index (χ0v) is 11.4. The van der Waals surface area contributed by atoms with Crippen molar-refractivity contribution >= 4 is 17.7 Å². The molecule has 0 saturated heterocycles.